The summed E-state index contributed by atoms with van der Waals surface area (Å²) in [6, 6.07) is 2.34. The van der Waals surface area contributed by atoms with Gasteiger partial charge in [-0.1, -0.05) is 17.7 Å². The molecular weight excluding hydrogens is 156 g/mol. The summed E-state index contributed by atoms with van der Waals surface area (Å²) < 4.78 is 0. The third-order valence-corrected chi connectivity index (χ3v) is 3.15. The van der Waals surface area contributed by atoms with Gasteiger partial charge in [0.2, 0.25) is 0 Å². The second kappa shape index (κ2) is 2.73. The monoisotopic (exact) mass is 172 g/mol. The van der Waals surface area contributed by atoms with Crippen LogP contribution >= 0.6 is 0 Å². The van der Waals surface area contributed by atoms with E-state index in [4.69, 9.17) is 0 Å². The summed E-state index contributed by atoms with van der Waals surface area (Å²) in [6.45, 7) is 8.86. The molecule has 0 atom stereocenters. The molecule has 0 N–H and O–H groups in total. The molecule has 1 aliphatic rings. The molecule has 68 valence electrons. The number of allylic oxidation sites excluding steroid dienone is 1. The van der Waals surface area contributed by atoms with Gasteiger partial charge in [0.15, 0.2) is 0 Å². The van der Waals surface area contributed by atoms with Crippen LogP contribution in [0.1, 0.15) is 34.7 Å². The minimum Gasteiger partial charge on any atom is -0.0683 e. The highest BCUT2D eigenvalue weighted by atomic mass is 14.2. The Kier molecular flexibility index (Phi) is 1.80. The largest absolute Gasteiger partial charge is 0.0683 e. The first kappa shape index (κ1) is 8.55. The fourth-order valence-electron chi connectivity index (χ4n) is 2.13. The molecule has 0 radical (unpaired) electrons. The first-order chi connectivity index (χ1) is 6.09. The van der Waals surface area contributed by atoms with Gasteiger partial charge >= 0.3 is 0 Å². The van der Waals surface area contributed by atoms with E-state index in [1.54, 1.807) is 0 Å². The number of benzene rings is 1. The molecule has 0 heteroatoms. The van der Waals surface area contributed by atoms with Crippen LogP contribution in [0.3, 0.4) is 0 Å². The van der Waals surface area contributed by atoms with Gasteiger partial charge in [0.05, 0.1) is 0 Å². The Hall–Kier alpha value is -1.04. The van der Waals surface area contributed by atoms with Crippen molar-refractivity contribution in [3.63, 3.8) is 0 Å². The molecule has 0 saturated heterocycles. The van der Waals surface area contributed by atoms with E-state index >= 15 is 0 Å². The van der Waals surface area contributed by atoms with Gasteiger partial charge in [0, 0.05) is 0 Å². The fourth-order valence-corrected chi connectivity index (χ4v) is 2.13. The Morgan fingerprint density at radius 1 is 1.00 bits per heavy atom. The van der Waals surface area contributed by atoms with E-state index in [0.29, 0.717) is 0 Å². The van der Waals surface area contributed by atoms with E-state index in [9.17, 15) is 0 Å². The molecule has 0 nitrogen and oxygen atoms in total. The molecule has 0 aliphatic heterocycles. The molecule has 13 heavy (non-hydrogen) atoms. The molecule has 0 heterocycles. The van der Waals surface area contributed by atoms with E-state index < -0.39 is 0 Å². The second-order valence-electron chi connectivity index (χ2n) is 4.18. The third kappa shape index (κ3) is 1.21. The Labute approximate surface area is 80.3 Å². The molecule has 2 rings (SSSR count). The first-order valence-electron chi connectivity index (χ1n) is 4.86. The topological polar surface area (TPSA) is 0 Å². The Balaban J connectivity index is 2.69. The van der Waals surface area contributed by atoms with Crippen LogP contribution in [-0.4, -0.2) is 0 Å². The van der Waals surface area contributed by atoms with Crippen molar-refractivity contribution >= 4 is 6.08 Å². The van der Waals surface area contributed by atoms with Crippen molar-refractivity contribution in [2.24, 2.45) is 0 Å². The first-order valence-corrected chi connectivity index (χ1v) is 4.86. The van der Waals surface area contributed by atoms with Crippen LogP contribution < -0.4 is 0 Å². The minimum atomic E-state index is 1.15. The third-order valence-electron chi connectivity index (χ3n) is 3.15. The summed E-state index contributed by atoms with van der Waals surface area (Å²) in [4.78, 5) is 0. The fraction of sp³-hybridized carbons (Fsp3) is 0.385. The normalized spacial score (nSPS) is 14.3. The molecule has 0 unspecified atom stereocenters. The van der Waals surface area contributed by atoms with Crippen LogP contribution in [0.25, 0.3) is 6.08 Å². The Morgan fingerprint density at radius 2 is 1.69 bits per heavy atom. The zero-order valence-corrected chi connectivity index (χ0v) is 8.86. The zero-order chi connectivity index (χ0) is 9.59. The zero-order valence-electron chi connectivity index (χ0n) is 8.86. The molecule has 1 aliphatic carbocycles. The van der Waals surface area contributed by atoms with Crippen molar-refractivity contribution in [3.05, 3.63) is 39.5 Å². The van der Waals surface area contributed by atoms with E-state index in [-0.39, 0.29) is 0 Å². The van der Waals surface area contributed by atoms with E-state index in [1.165, 1.54) is 33.4 Å². The average molecular weight is 172 g/mol. The minimum absolute atomic E-state index is 1.15. The van der Waals surface area contributed by atoms with Crippen molar-refractivity contribution in [2.75, 3.05) is 0 Å². The van der Waals surface area contributed by atoms with E-state index in [2.05, 4.69) is 39.8 Å². The van der Waals surface area contributed by atoms with Gasteiger partial charge < -0.3 is 0 Å². The number of fused-ring (bicyclic) bond motifs is 1. The summed E-state index contributed by atoms with van der Waals surface area (Å²) in [5.74, 6) is 0. The van der Waals surface area contributed by atoms with Gasteiger partial charge in [-0.25, -0.2) is 0 Å². The predicted molar refractivity (Wildman–Crippen MR) is 58.0 cm³/mol. The number of hydrogen-bond acceptors (Lipinski definition) is 0. The molecule has 0 spiro atoms. The van der Waals surface area contributed by atoms with E-state index in [0.717, 1.165) is 6.42 Å². The lowest BCUT2D eigenvalue weighted by Gasteiger charge is -2.10. The summed E-state index contributed by atoms with van der Waals surface area (Å²) in [6.07, 6.45) is 3.48. The molecule has 0 fully saturated rings. The maximum absolute atomic E-state index is 2.34. The van der Waals surface area contributed by atoms with Crippen LogP contribution in [-0.2, 0) is 6.42 Å². The Bertz CT molecular complexity index is 395. The van der Waals surface area contributed by atoms with Crippen molar-refractivity contribution < 1.29 is 0 Å². The standard InChI is InChI=1S/C13H16/c1-8-5-12-7-9(2)10(3)11(4)13(12)6-8/h6-7H,5H2,1-4H3. The quantitative estimate of drug-likeness (QED) is 0.561. The highest BCUT2D eigenvalue weighted by Gasteiger charge is 2.14. The van der Waals surface area contributed by atoms with Crippen LogP contribution in [0, 0.1) is 20.8 Å². The van der Waals surface area contributed by atoms with Gasteiger partial charge in [-0.3, -0.25) is 0 Å². The van der Waals surface area contributed by atoms with Crippen molar-refractivity contribution in [2.45, 2.75) is 34.1 Å². The SMILES string of the molecule is CC1=Cc2c(cc(C)c(C)c2C)C1. The average Bonchev–Trinajstić information content (AvgIpc) is 2.42. The molecule has 0 aromatic heterocycles. The van der Waals surface area contributed by atoms with Crippen LogP contribution in [0.5, 0.6) is 0 Å². The maximum Gasteiger partial charge on any atom is -0.00604 e. The lowest BCUT2D eigenvalue weighted by Crippen LogP contribution is -1.93. The highest BCUT2D eigenvalue weighted by molar-refractivity contribution is 5.68. The lowest BCUT2D eigenvalue weighted by molar-refractivity contribution is 1.15. The summed E-state index contributed by atoms with van der Waals surface area (Å²) >= 11 is 0. The van der Waals surface area contributed by atoms with Crippen LogP contribution in [0.2, 0.25) is 0 Å². The maximum atomic E-state index is 2.34. The van der Waals surface area contributed by atoms with Crippen molar-refractivity contribution in [1.29, 1.82) is 0 Å². The highest BCUT2D eigenvalue weighted by Crippen LogP contribution is 2.30. The van der Waals surface area contributed by atoms with Gasteiger partial charge in [0.25, 0.3) is 0 Å². The number of rotatable bonds is 0. The molecule has 0 saturated carbocycles. The summed E-state index contributed by atoms with van der Waals surface area (Å²) in [5, 5.41) is 0. The smallest absolute Gasteiger partial charge is 0.00604 e. The number of hydrogen-bond donors (Lipinski definition) is 0. The molecule has 0 amide bonds. The molecule has 1 aromatic rings. The number of aryl methyl sites for hydroxylation is 1. The van der Waals surface area contributed by atoms with Gasteiger partial charge in [-0.2, -0.15) is 0 Å². The van der Waals surface area contributed by atoms with Crippen LogP contribution in [0.15, 0.2) is 11.6 Å². The summed E-state index contributed by atoms with van der Waals surface area (Å²) in [7, 11) is 0. The molecule has 0 bridgehead atoms. The van der Waals surface area contributed by atoms with Crippen molar-refractivity contribution in [3.8, 4) is 0 Å². The van der Waals surface area contributed by atoms with Gasteiger partial charge in [-0.05, 0) is 61.9 Å². The Morgan fingerprint density at radius 3 is 2.38 bits per heavy atom. The van der Waals surface area contributed by atoms with Gasteiger partial charge in [0.1, 0.15) is 0 Å². The predicted octanol–water partition coefficient (Wildman–Crippen LogP) is 3.57. The second-order valence-corrected chi connectivity index (χ2v) is 4.18. The van der Waals surface area contributed by atoms with E-state index in [1.807, 2.05) is 0 Å². The lowest BCUT2D eigenvalue weighted by atomic mass is 9.95. The van der Waals surface area contributed by atoms with Crippen molar-refractivity contribution in [1.82, 2.24) is 0 Å². The molecular formula is C13H16. The summed E-state index contributed by atoms with van der Waals surface area (Å²) in [5.41, 5.74) is 8.82. The molecule has 1 aromatic carbocycles. The van der Waals surface area contributed by atoms with Gasteiger partial charge in [-0.15, -0.1) is 0 Å². The van der Waals surface area contributed by atoms with Crippen LogP contribution in [0.4, 0.5) is 0 Å².